The summed E-state index contributed by atoms with van der Waals surface area (Å²) in [6.07, 6.45) is 3.34. The number of carbonyl (C=O) groups is 1. The number of carbonyl (C=O) groups excluding carboxylic acids is 1. The van der Waals surface area contributed by atoms with Crippen LogP contribution in [0.4, 0.5) is 0 Å². The summed E-state index contributed by atoms with van der Waals surface area (Å²) < 4.78 is 8.85. The summed E-state index contributed by atoms with van der Waals surface area (Å²) in [4.78, 5) is 19.0. The van der Waals surface area contributed by atoms with Crippen molar-refractivity contribution in [3.05, 3.63) is 16.3 Å². The van der Waals surface area contributed by atoms with Crippen LogP contribution >= 0.6 is 23.1 Å². The fourth-order valence-corrected chi connectivity index (χ4v) is 5.97. The van der Waals surface area contributed by atoms with Crippen LogP contribution in [0.15, 0.2) is 5.16 Å². The van der Waals surface area contributed by atoms with Crippen molar-refractivity contribution >= 4 is 50.7 Å². The Kier molecular flexibility index (Phi) is 4.27. The Morgan fingerprint density at radius 1 is 1.39 bits per heavy atom. The smallest absolute Gasteiger partial charge is 0.316 e. The van der Waals surface area contributed by atoms with Crippen LogP contribution < -0.4 is 0 Å². The molecule has 4 aromatic rings. The van der Waals surface area contributed by atoms with Gasteiger partial charge >= 0.3 is 5.97 Å². The molecule has 4 aromatic heterocycles. The zero-order valence-electron chi connectivity index (χ0n) is 15.9. The van der Waals surface area contributed by atoms with Crippen molar-refractivity contribution in [3.63, 3.8) is 0 Å². The van der Waals surface area contributed by atoms with E-state index >= 15 is 0 Å². The molecule has 8 nitrogen and oxygen atoms in total. The Morgan fingerprint density at radius 3 is 3.07 bits per heavy atom. The Balaban J connectivity index is 1.76. The number of hydrogen-bond acceptors (Lipinski definition) is 8. The van der Waals surface area contributed by atoms with Crippen LogP contribution in [0.25, 0.3) is 21.6 Å². The van der Waals surface area contributed by atoms with Gasteiger partial charge in [-0.1, -0.05) is 18.7 Å². The normalized spacial score (nSPS) is 16.9. The van der Waals surface area contributed by atoms with Gasteiger partial charge in [-0.3, -0.25) is 4.79 Å². The molecule has 146 valence electrons. The minimum Gasteiger partial charge on any atom is -0.465 e. The third kappa shape index (κ3) is 2.69. The van der Waals surface area contributed by atoms with Crippen LogP contribution in [-0.2, 0) is 22.4 Å². The Bertz CT molecular complexity index is 1220. The Labute approximate surface area is 169 Å². The molecule has 0 aromatic carbocycles. The maximum Gasteiger partial charge on any atom is 0.316 e. The number of esters is 1. The predicted octanol–water partition coefficient (Wildman–Crippen LogP) is 3.08. The lowest BCUT2D eigenvalue weighted by Crippen LogP contribution is -2.09. The first kappa shape index (κ1) is 17.9. The standard InChI is InChI=1S/C18H20N6O2S2/c1-4-26-13(25)8-27-18-21-20-17-23(18)16-14(15-19-10(3)22-24(15)17)11-7-9(2)5-6-12(11)28-16/h9H,4-8H2,1-3H3/t9-/m0/s1. The van der Waals surface area contributed by atoms with Crippen LogP contribution in [0.1, 0.15) is 36.5 Å². The molecular formula is C18H20N6O2S2. The molecule has 1 aliphatic rings. The van der Waals surface area contributed by atoms with Crippen molar-refractivity contribution in [2.75, 3.05) is 12.4 Å². The molecule has 0 saturated heterocycles. The largest absolute Gasteiger partial charge is 0.465 e. The van der Waals surface area contributed by atoms with Gasteiger partial charge in [0.25, 0.3) is 5.78 Å². The number of rotatable bonds is 4. The lowest BCUT2D eigenvalue weighted by molar-refractivity contribution is -0.139. The number of nitrogens with zero attached hydrogens (tertiary/aromatic N) is 6. The molecule has 5 rings (SSSR count). The molecule has 4 heterocycles. The topological polar surface area (TPSA) is 86.7 Å². The lowest BCUT2D eigenvalue weighted by Gasteiger charge is -2.17. The van der Waals surface area contributed by atoms with Gasteiger partial charge in [0.05, 0.1) is 17.7 Å². The molecule has 0 radical (unpaired) electrons. The van der Waals surface area contributed by atoms with Crippen molar-refractivity contribution in [3.8, 4) is 0 Å². The summed E-state index contributed by atoms with van der Waals surface area (Å²) in [6, 6.07) is 0. The lowest BCUT2D eigenvalue weighted by atomic mass is 9.89. The highest BCUT2D eigenvalue weighted by Gasteiger charge is 2.27. The minimum absolute atomic E-state index is 0.201. The second-order valence-electron chi connectivity index (χ2n) is 7.14. The van der Waals surface area contributed by atoms with Crippen LogP contribution in [0, 0.1) is 12.8 Å². The summed E-state index contributed by atoms with van der Waals surface area (Å²) >= 11 is 3.13. The van der Waals surface area contributed by atoms with Crippen LogP contribution in [-0.4, -0.2) is 47.5 Å². The number of fused-ring (bicyclic) bond motifs is 8. The summed E-state index contributed by atoms with van der Waals surface area (Å²) in [5.74, 6) is 1.94. The van der Waals surface area contributed by atoms with E-state index in [1.807, 2.05) is 11.3 Å². The zero-order valence-corrected chi connectivity index (χ0v) is 17.6. The fraction of sp³-hybridized carbons (Fsp3) is 0.500. The first-order chi connectivity index (χ1) is 13.6. The number of aryl methyl sites for hydroxylation is 2. The quantitative estimate of drug-likeness (QED) is 0.373. The van der Waals surface area contributed by atoms with Crippen molar-refractivity contribution in [2.45, 2.75) is 45.2 Å². The van der Waals surface area contributed by atoms with Crippen molar-refractivity contribution < 1.29 is 9.53 Å². The van der Waals surface area contributed by atoms with Crippen LogP contribution in [0.3, 0.4) is 0 Å². The summed E-state index contributed by atoms with van der Waals surface area (Å²) in [5, 5.41) is 15.1. The first-order valence-corrected chi connectivity index (χ1v) is 11.2. The van der Waals surface area contributed by atoms with Gasteiger partial charge in [0.15, 0.2) is 10.8 Å². The summed E-state index contributed by atoms with van der Waals surface area (Å²) in [5.41, 5.74) is 2.23. The third-order valence-electron chi connectivity index (χ3n) is 5.06. The Hall–Kier alpha value is -2.20. The average Bonchev–Trinajstić information content (AvgIpc) is 3.33. The van der Waals surface area contributed by atoms with E-state index in [0.29, 0.717) is 29.3 Å². The summed E-state index contributed by atoms with van der Waals surface area (Å²) in [7, 11) is 0. The maximum absolute atomic E-state index is 11.8. The average molecular weight is 417 g/mol. The van der Waals surface area contributed by atoms with E-state index in [1.165, 1.54) is 28.6 Å². The molecule has 1 atom stereocenters. The molecule has 0 saturated carbocycles. The van der Waals surface area contributed by atoms with Crippen molar-refractivity contribution in [1.29, 1.82) is 0 Å². The molecule has 0 spiro atoms. The minimum atomic E-state index is -0.252. The van der Waals surface area contributed by atoms with E-state index < -0.39 is 0 Å². The second-order valence-corrected chi connectivity index (χ2v) is 9.16. The van der Waals surface area contributed by atoms with Crippen molar-refractivity contribution in [1.82, 2.24) is 29.2 Å². The predicted molar refractivity (Wildman–Crippen MR) is 108 cm³/mol. The molecule has 0 N–H and O–H groups in total. The van der Waals surface area contributed by atoms with Crippen molar-refractivity contribution in [2.24, 2.45) is 5.92 Å². The molecule has 0 bridgehead atoms. The number of ether oxygens (including phenoxy) is 1. The number of thiophene rings is 1. The molecule has 10 heteroatoms. The fourth-order valence-electron chi connectivity index (χ4n) is 3.84. The van der Waals surface area contributed by atoms with Gasteiger partial charge < -0.3 is 4.74 Å². The van der Waals surface area contributed by atoms with Gasteiger partial charge in [-0.25, -0.2) is 9.38 Å². The van der Waals surface area contributed by atoms with Gasteiger partial charge in [-0.05, 0) is 44.6 Å². The van der Waals surface area contributed by atoms with Gasteiger partial charge in [0.2, 0.25) is 0 Å². The first-order valence-electron chi connectivity index (χ1n) is 9.40. The number of aromatic nitrogens is 6. The van der Waals surface area contributed by atoms with E-state index in [2.05, 4.69) is 22.2 Å². The van der Waals surface area contributed by atoms with Gasteiger partial charge in [-0.15, -0.1) is 26.6 Å². The highest BCUT2D eigenvalue weighted by molar-refractivity contribution is 7.99. The zero-order chi connectivity index (χ0) is 19.4. The van der Waals surface area contributed by atoms with E-state index in [-0.39, 0.29) is 11.7 Å². The van der Waals surface area contributed by atoms with E-state index in [4.69, 9.17) is 9.72 Å². The van der Waals surface area contributed by atoms with E-state index in [0.717, 1.165) is 28.7 Å². The van der Waals surface area contributed by atoms with Gasteiger partial charge in [0.1, 0.15) is 10.7 Å². The highest BCUT2D eigenvalue weighted by Crippen LogP contribution is 2.41. The molecule has 28 heavy (non-hydrogen) atoms. The SMILES string of the molecule is CCOC(=O)CSc1nnc2n3nc(C)nc3c3c4c(sc3n12)CC[C@H](C)C4. The van der Waals surface area contributed by atoms with Crippen LogP contribution in [0.2, 0.25) is 0 Å². The summed E-state index contributed by atoms with van der Waals surface area (Å²) in [6.45, 7) is 6.37. The van der Waals surface area contributed by atoms with E-state index in [9.17, 15) is 4.79 Å². The molecule has 0 fully saturated rings. The second kappa shape index (κ2) is 6.70. The molecular weight excluding hydrogens is 396 g/mol. The third-order valence-corrected chi connectivity index (χ3v) is 7.24. The molecule has 0 unspecified atom stereocenters. The molecule has 1 aliphatic carbocycles. The van der Waals surface area contributed by atoms with E-state index in [1.54, 1.807) is 22.8 Å². The van der Waals surface area contributed by atoms with Gasteiger partial charge in [0, 0.05) is 4.88 Å². The number of thioether (sulfide) groups is 1. The maximum atomic E-state index is 11.8. The molecule has 0 amide bonds. The highest BCUT2D eigenvalue weighted by atomic mass is 32.2. The Morgan fingerprint density at radius 2 is 2.25 bits per heavy atom. The monoisotopic (exact) mass is 416 g/mol. The number of hydrogen-bond donors (Lipinski definition) is 0. The molecule has 0 aliphatic heterocycles. The van der Waals surface area contributed by atoms with Gasteiger partial charge in [-0.2, -0.15) is 4.52 Å². The van der Waals surface area contributed by atoms with Crippen LogP contribution in [0.5, 0.6) is 0 Å².